The molecule has 2 N–H and O–H groups in total. The molecule has 164 valence electrons. The van der Waals surface area contributed by atoms with Crippen LogP contribution in [0, 0.1) is 12.7 Å². The van der Waals surface area contributed by atoms with Crippen molar-refractivity contribution in [2.45, 2.75) is 24.7 Å². The Morgan fingerprint density at radius 1 is 1.07 bits per heavy atom. The first-order chi connectivity index (χ1) is 13.9. The second-order valence-corrected chi connectivity index (χ2v) is 10.6. The third-order valence-electron chi connectivity index (χ3n) is 4.22. The van der Waals surface area contributed by atoms with Crippen molar-refractivity contribution >= 4 is 37.3 Å². The van der Waals surface area contributed by atoms with Gasteiger partial charge in [-0.2, -0.15) is 0 Å². The van der Waals surface area contributed by atoms with Gasteiger partial charge in [-0.3, -0.25) is 9.52 Å². The minimum atomic E-state index is -3.77. The Morgan fingerprint density at radius 2 is 1.70 bits per heavy atom. The van der Waals surface area contributed by atoms with E-state index in [2.05, 4.69) is 10.0 Å². The fraction of sp³-hybridized carbons (Fsp3) is 0.316. The Hall–Kier alpha value is -2.50. The summed E-state index contributed by atoms with van der Waals surface area (Å²) in [6, 6.07) is 9.35. The molecule has 0 aliphatic rings. The first kappa shape index (κ1) is 23.8. The number of sulfonamides is 2. The molecule has 0 unspecified atom stereocenters. The smallest absolute Gasteiger partial charge is 0.242 e. The lowest BCUT2D eigenvalue weighted by Crippen LogP contribution is -2.28. The second-order valence-electron chi connectivity index (χ2n) is 6.84. The average Bonchev–Trinajstić information content (AvgIpc) is 2.63. The molecular formula is C19H24FN3O5S2. The fourth-order valence-corrected chi connectivity index (χ4v) is 4.43. The van der Waals surface area contributed by atoms with E-state index in [0.717, 1.165) is 22.7 Å². The summed E-state index contributed by atoms with van der Waals surface area (Å²) in [5.41, 5.74) is 1.48. The second kappa shape index (κ2) is 9.54. The zero-order valence-electron chi connectivity index (χ0n) is 16.8. The summed E-state index contributed by atoms with van der Waals surface area (Å²) in [6.45, 7) is 1.83. The summed E-state index contributed by atoms with van der Waals surface area (Å²) in [7, 11) is -5.84. The number of rotatable bonds is 9. The maximum absolute atomic E-state index is 13.0. The Bertz CT molecular complexity index is 1120. The third kappa shape index (κ3) is 6.78. The summed E-state index contributed by atoms with van der Waals surface area (Å²) in [6.07, 6.45) is 1.36. The fourth-order valence-electron chi connectivity index (χ4n) is 2.60. The molecule has 1 amide bonds. The molecule has 0 aliphatic heterocycles. The summed E-state index contributed by atoms with van der Waals surface area (Å²) in [4.78, 5) is 12.1. The van der Waals surface area contributed by atoms with E-state index in [0.29, 0.717) is 16.9 Å². The number of halogens is 1. The molecular weight excluding hydrogens is 433 g/mol. The van der Waals surface area contributed by atoms with Crippen LogP contribution < -0.4 is 10.0 Å². The minimum absolute atomic E-state index is 0.0265. The quantitative estimate of drug-likeness (QED) is 0.601. The predicted octanol–water partition coefficient (Wildman–Crippen LogP) is 2.55. The van der Waals surface area contributed by atoms with Crippen molar-refractivity contribution in [1.29, 1.82) is 0 Å². The molecule has 0 atom stereocenters. The van der Waals surface area contributed by atoms with Gasteiger partial charge in [-0.15, -0.1) is 0 Å². The normalized spacial score (nSPS) is 12.0. The van der Waals surface area contributed by atoms with E-state index in [1.165, 1.54) is 25.2 Å². The Balaban J connectivity index is 1.92. The molecule has 0 aromatic heterocycles. The van der Waals surface area contributed by atoms with Crippen LogP contribution in [0.5, 0.6) is 0 Å². The predicted molar refractivity (Wildman–Crippen MR) is 114 cm³/mol. The average molecular weight is 458 g/mol. The van der Waals surface area contributed by atoms with Crippen LogP contribution in [0.2, 0.25) is 0 Å². The van der Waals surface area contributed by atoms with Crippen LogP contribution in [-0.4, -0.2) is 46.9 Å². The molecule has 2 rings (SSSR count). The molecule has 0 aliphatic carbocycles. The zero-order valence-corrected chi connectivity index (χ0v) is 18.5. The van der Waals surface area contributed by atoms with Crippen LogP contribution in [0.25, 0.3) is 0 Å². The van der Waals surface area contributed by atoms with Gasteiger partial charge >= 0.3 is 0 Å². The molecule has 0 saturated heterocycles. The minimum Gasteiger partial charge on any atom is -0.326 e. The van der Waals surface area contributed by atoms with Gasteiger partial charge in [0.2, 0.25) is 26.0 Å². The highest BCUT2D eigenvalue weighted by Gasteiger charge is 2.20. The number of benzene rings is 2. The standard InChI is InChI=1S/C19H24FN3O5S2/c1-14-6-9-16(13-18(14)22-29(3,25)26)21-19(24)5-4-12-23(2)30(27,28)17-10-7-15(20)8-11-17/h6-11,13,22H,4-5,12H2,1-3H3,(H,21,24). The molecule has 30 heavy (non-hydrogen) atoms. The molecule has 2 aromatic rings. The van der Waals surface area contributed by atoms with Crippen LogP contribution >= 0.6 is 0 Å². The summed E-state index contributed by atoms with van der Waals surface area (Å²) >= 11 is 0. The lowest BCUT2D eigenvalue weighted by Gasteiger charge is -2.17. The summed E-state index contributed by atoms with van der Waals surface area (Å²) in [5, 5.41) is 2.66. The molecule has 11 heteroatoms. The lowest BCUT2D eigenvalue weighted by atomic mass is 10.2. The van der Waals surface area contributed by atoms with Crippen LogP contribution in [0.3, 0.4) is 0 Å². The molecule has 0 radical (unpaired) electrons. The van der Waals surface area contributed by atoms with Gasteiger partial charge in [0.15, 0.2) is 0 Å². The highest BCUT2D eigenvalue weighted by atomic mass is 32.2. The van der Waals surface area contributed by atoms with E-state index in [-0.39, 0.29) is 30.2 Å². The molecule has 0 bridgehead atoms. The van der Waals surface area contributed by atoms with Crippen LogP contribution in [-0.2, 0) is 24.8 Å². The van der Waals surface area contributed by atoms with Gasteiger partial charge in [0.25, 0.3) is 0 Å². The van der Waals surface area contributed by atoms with Crippen molar-refractivity contribution < 1.29 is 26.0 Å². The van der Waals surface area contributed by atoms with Crippen molar-refractivity contribution in [3.63, 3.8) is 0 Å². The van der Waals surface area contributed by atoms with Crippen LogP contribution in [0.15, 0.2) is 47.4 Å². The molecule has 0 spiro atoms. The van der Waals surface area contributed by atoms with E-state index in [9.17, 15) is 26.0 Å². The van der Waals surface area contributed by atoms with E-state index < -0.39 is 25.9 Å². The maximum atomic E-state index is 13.0. The third-order valence-corrected chi connectivity index (χ3v) is 6.68. The van der Waals surface area contributed by atoms with E-state index in [1.54, 1.807) is 19.1 Å². The molecule has 8 nitrogen and oxygen atoms in total. The van der Waals surface area contributed by atoms with Gasteiger partial charge < -0.3 is 5.32 Å². The van der Waals surface area contributed by atoms with Crippen LogP contribution in [0.1, 0.15) is 18.4 Å². The van der Waals surface area contributed by atoms with Gasteiger partial charge in [0, 0.05) is 25.7 Å². The highest BCUT2D eigenvalue weighted by molar-refractivity contribution is 7.92. The van der Waals surface area contributed by atoms with Gasteiger partial charge in [-0.1, -0.05) is 6.07 Å². The number of hydrogen-bond donors (Lipinski definition) is 2. The Morgan fingerprint density at radius 3 is 2.30 bits per heavy atom. The molecule has 0 saturated carbocycles. The monoisotopic (exact) mass is 457 g/mol. The van der Waals surface area contributed by atoms with Crippen LogP contribution in [0.4, 0.5) is 15.8 Å². The first-order valence-electron chi connectivity index (χ1n) is 8.99. The van der Waals surface area contributed by atoms with Crippen molar-refractivity contribution in [2.75, 3.05) is 29.9 Å². The summed E-state index contributed by atoms with van der Waals surface area (Å²) < 4.78 is 64.2. The number of carbonyl (C=O) groups excluding carboxylic acids is 1. The van der Waals surface area contributed by atoms with Gasteiger partial charge in [0.05, 0.1) is 16.8 Å². The van der Waals surface area contributed by atoms with E-state index >= 15 is 0 Å². The summed E-state index contributed by atoms with van der Waals surface area (Å²) in [5.74, 6) is -0.865. The van der Waals surface area contributed by atoms with Crippen molar-refractivity contribution in [3.8, 4) is 0 Å². The zero-order chi connectivity index (χ0) is 22.5. The van der Waals surface area contributed by atoms with E-state index in [4.69, 9.17) is 0 Å². The number of nitrogens with one attached hydrogen (secondary N) is 2. The number of carbonyl (C=O) groups is 1. The first-order valence-corrected chi connectivity index (χ1v) is 12.3. The van der Waals surface area contributed by atoms with Crippen molar-refractivity contribution in [3.05, 3.63) is 53.8 Å². The van der Waals surface area contributed by atoms with E-state index in [1.807, 2.05) is 0 Å². The largest absolute Gasteiger partial charge is 0.326 e. The highest BCUT2D eigenvalue weighted by Crippen LogP contribution is 2.21. The Labute approximate surface area is 176 Å². The van der Waals surface area contributed by atoms with Gasteiger partial charge in [-0.25, -0.2) is 25.5 Å². The topological polar surface area (TPSA) is 113 Å². The maximum Gasteiger partial charge on any atom is 0.242 e. The SMILES string of the molecule is Cc1ccc(NC(=O)CCCN(C)S(=O)(=O)c2ccc(F)cc2)cc1NS(C)(=O)=O. The number of anilines is 2. The molecule has 2 aromatic carbocycles. The van der Waals surface area contributed by atoms with Crippen molar-refractivity contribution in [2.24, 2.45) is 0 Å². The Kier molecular flexibility index (Phi) is 7.56. The number of nitrogens with zero attached hydrogens (tertiary/aromatic N) is 1. The molecule has 0 heterocycles. The lowest BCUT2D eigenvalue weighted by molar-refractivity contribution is -0.116. The molecule has 0 fully saturated rings. The van der Waals surface area contributed by atoms with Gasteiger partial charge in [-0.05, 0) is 55.3 Å². The number of aryl methyl sites for hydroxylation is 1. The number of amides is 1. The van der Waals surface area contributed by atoms with Crippen molar-refractivity contribution in [1.82, 2.24) is 4.31 Å². The number of hydrogen-bond acceptors (Lipinski definition) is 5. The van der Waals surface area contributed by atoms with Gasteiger partial charge in [0.1, 0.15) is 5.82 Å².